The molecule has 106 valence electrons. The molecule has 1 aliphatic heterocycles. The number of hydrogen-bond acceptors (Lipinski definition) is 4. The van der Waals surface area contributed by atoms with Gasteiger partial charge in [0.2, 0.25) is 0 Å². The summed E-state index contributed by atoms with van der Waals surface area (Å²) in [6.45, 7) is 6.43. The van der Waals surface area contributed by atoms with Gasteiger partial charge in [-0.2, -0.15) is 0 Å². The molecule has 2 rings (SSSR count). The molecule has 0 aromatic heterocycles. The number of nitrogens with one attached hydrogen (secondary N) is 1. The Labute approximate surface area is 128 Å². The van der Waals surface area contributed by atoms with Gasteiger partial charge in [0.25, 0.3) is 0 Å². The van der Waals surface area contributed by atoms with Crippen LogP contribution in [0.3, 0.4) is 0 Å². The summed E-state index contributed by atoms with van der Waals surface area (Å²) >= 11 is 2.30. The van der Waals surface area contributed by atoms with E-state index in [0.29, 0.717) is 6.04 Å². The molecule has 0 spiro atoms. The van der Waals surface area contributed by atoms with Gasteiger partial charge in [-0.1, -0.05) is 0 Å². The van der Waals surface area contributed by atoms with Gasteiger partial charge in [0.15, 0.2) is 11.5 Å². The van der Waals surface area contributed by atoms with Crippen LogP contribution in [0.4, 0.5) is 0 Å². The number of piperazine rings is 1. The van der Waals surface area contributed by atoms with Crippen molar-refractivity contribution in [3.05, 3.63) is 21.3 Å². The van der Waals surface area contributed by atoms with Gasteiger partial charge >= 0.3 is 0 Å². The molecule has 1 saturated heterocycles. The van der Waals surface area contributed by atoms with Crippen LogP contribution in [0.25, 0.3) is 0 Å². The van der Waals surface area contributed by atoms with Crippen molar-refractivity contribution in [2.45, 2.75) is 19.5 Å². The van der Waals surface area contributed by atoms with Gasteiger partial charge in [-0.05, 0) is 47.2 Å². The van der Waals surface area contributed by atoms with Crippen molar-refractivity contribution < 1.29 is 9.47 Å². The molecule has 0 bridgehead atoms. The predicted molar refractivity (Wildman–Crippen MR) is 85.0 cm³/mol. The maximum absolute atomic E-state index is 5.41. The minimum Gasteiger partial charge on any atom is -0.493 e. The molecule has 0 amide bonds. The maximum Gasteiger partial charge on any atom is 0.174 e. The monoisotopic (exact) mass is 376 g/mol. The Morgan fingerprint density at radius 3 is 2.79 bits per heavy atom. The third-order valence-corrected chi connectivity index (χ3v) is 4.15. The van der Waals surface area contributed by atoms with Crippen LogP contribution in [0.1, 0.15) is 12.5 Å². The lowest BCUT2D eigenvalue weighted by Gasteiger charge is -2.32. The molecule has 1 heterocycles. The van der Waals surface area contributed by atoms with E-state index in [0.717, 1.165) is 41.2 Å². The van der Waals surface area contributed by atoms with Crippen molar-refractivity contribution in [1.29, 1.82) is 0 Å². The first-order valence-corrected chi connectivity index (χ1v) is 7.58. The highest BCUT2D eigenvalue weighted by Crippen LogP contribution is 2.33. The molecule has 1 unspecified atom stereocenters. The van der Waals surface area contributed by atoms with Crippen LogP contribution in [0.2, 0.25) is 0 Å². The van der Waals surface area contributed by atoms with Gasteiger partial charge in [0.1, 0.15) is 0 Å². The summed E-state index contributed by atoms with van der Waals surface area (Å²) in [4.78, 5) is 2.47. The minimum atomic E-state index is 0.563. The lowest BCUT2D eigenvalue weighted by atomic mass is 10.1. The Hall–Kier alpha value is -0.530. The first kappa shape index (κ1) is 14.9. The lowest BCUT2D eigenvalue weighted by Crippen LogP contribution is -2.48. The van der Waals surface area contributed by atoms with Crippen LogP contribution in [-0.2, 0) is 6.54 Å². The first-order valence-electron chi connectivity index (χ1n) is 6.50. The van der Waals surface area contributed by atoms with Crippen LogP contribution in [-0.4, -0.2) is 44.8 Å². The predicted octanol–water partition coefficient (Wildman–Crippen LogP) is 2.10. The fourth-order valence-electron chi connectivity index (χ4n) is 2.48. The lowest BCUT2D eigenvalue weighted by molar-refractivity contribution is 0.199. The fraction of sp³-hybridized carbons (Fsp3) is 0.571. The number of nitrogens with zero attached hydrogens (tertiary/aromatic N) is 1. The molecule has 1 aliphatic rings. The molecule has 4 nitrogen and oxygen atoms in total. The number of hydrogen-bond donors (Lipinski definition) is 1. The molecular weight excluding hydrogens is 355 g/mol. The summed E-state index contributed by atoms with van der Waals surface area (Å²) in [6, 6.07) is 4.82. The topological polar surface area (TPSA) is 33.7 Å². The van der Waals surface area contributed by atoms with E-state index in [2.05, 4.69) is 51.9 Å². The van der Waals surface area contributed by atoms with Crippen LogP contribution in [0, 0.1) is 3.57 Å². The Morgan fingerprint density at radius 1 is 1.37 bits per heavy atom. The van der Waals surface area contributed by atoms with E-state index in [1.807, 2.05) is 0 Å². The van der Waals surface area contributed by atoms with Crippen molar-refractivity contribution in [2.24, 2.45) is 0 Å². The van der Waals surface area contributed by atoms with Crippen molar-refractivity contribution in [1.82, 2.24) is 10.2 Å². The zero-order chi connectivity index (χ0) is 13.8. The highest BCUT2D eigenvalue weighted by molar-refractivity contribution is 14.1. The Kier molecular flexibility index (Phi) is 5.29. The van der Waals surface area contributed by atoms with Crippen molar-refractivity contribution in [3.8, 4) is 11.5 Å². The molecule has 0 radical (unpaired) electrons. The smallest absolute Gasteiger partial charge is 0.174 e. The standard InChI is InChI=1S/C14H21IN2O2/c1-10-8-17(5-4-16-10)9-11-6-12(15)14(19-3)13(7-11)18-2/h6-7,10,16H,4-5,8-9H2,1-3H3. The van der Waals surface area contributed by atoms with Crippen LogP contribution in [0.15, 0.2) is 12.1 Å². The zero-order valence-corrected chi connectivity index (χ0v) is 13.9. The molecule has 1 fully saturated rings. The molecule has 5 heteroatoms. The third kappa shape index (κ3) is 3.73. The van der Waals surface area contributed by atoms with Crippen LogP contribution < -0.4 is 14.8 Å². The molecule has 1 aromatic carbocycles. The first-order chi connectivity index (χ1) is 9.13. The number of ether oxygens (including phenoxy) is 2. The molecule has 1 atom stereocenters. The Balaban J connectivity index is 2.14. The molecule has 19 heavy (non-hydrogen) atoms. The molecule has 0 saturated carbocycles. The van der Waals surface area contributed by atoms with Crippen molar-refractivity contribution >= 4 is 22.6 Å². The quantitative estimate of drug-likeness (QED) is 0.817. The normalized spacial score (nSPS) is 20.3. The summed E-state index contributed by atoms with van der Waals surface area (Å²) in [5, 5.41) is 3.46. The minimum absolute atomic E-state index is 0.563. The van der Waals surface area contributed by atoms with Gasteiger partial charge < -0.3 is 14.8 Å². The van der Waals surface area contributed by atoms with Gasteiger partial charge in [0, 0.05) is 32.2 Å². The van der Waals surface area contributed by atoms with E-state index in [9.17, 15) is 0 Å². The highest BCUT2D eigenvalue weighted by Gasteiger charge is 2.17. The van der Waals surface area contributed by atoms with Gasteiger partial charge in [-0.3, -0.25) is 4.90 Å². The van der Waals surface area contributed by atoms with Gasteiger partial charge in [0.05, 0.1) is 17.8 Å². The average molecular weight is 376 g/mol. The van der Waals surface area contributed by atoms with Crippen LogP contribution in [0.5, 0.6) is 11.5 Å². The van der Waals surface area contributed by atoms with E-state index in [1.54, 1.807) is 14.2 Å². The Bertz CT molecular complexity index is 440. The van der Waals surface area contributed by atoms with E-state index >= 15 is 0 Å². The molecular formula is C14H21IN2O2. The number of methoxy groups -OCH3 is 2. The highest BCUT2D eigenvalue weighted by atomic mass is 127. The second kappa shape index (κ2) is 6.76. The fourth-order valence-corrected chi connectivity index (χ4v) is 3.36. The van der Waals surface area contributed by atoms with Crippen molar-refractivity contribution in [2.75, 3.05) is 33.9 Å². The SMILES string of the molecule is COc1cc(CN2CCNC(C)C2)cc(I)c1OC. The van der Waals surface area contributed by atoms with Crippen molar-refractivity contribution in [3.63, 3.8) is 0 Å². The van der Waals surface area contributed by atoms with E-state index in [-0.39, 0.29) is 0 Å². The van der Waals surface area contributed by atoms with E-state index in [4.69, 9.17) is 9.47 Å². The van der Waals surface area contributed by atoms with E-state index in [1.165, 1.54) is 5.56 Å². The van der Waals surface area contributed by atoms with Gasteiger partial charge in [-0.15, -0.1) is 0 Å². The third-order valence-electron chi connectivity index (χ3n) is 3.35. The van der Waals surface area contributed by atoms with Crippen LogP contribution >= 0.6 is 22.6 Å². The average Bonchev–Trinajstić information content (AvgIpc) is 2.38. The number of rotatable bonds is 4. The summed E-state index contributed by atoms with van der Waals surface area (Å²) < 4.78 is 11.9. The molecule has 1 N–H and O–H groups in total. The zero-order valence-electron chi connectivity index (χ0n) is 11.7. The number of halogens is 1. The summed E-state index contributed by atoms with van der Waals surface area (Å²) in [7, 11) is 3.36. The van der Waals surface area contributed by atoms with E-state index < -0.39 is 0 Å². The summed E-state index contributed by atoms with van der Waals surface area (Å²) in [5.74, 6) is 1.63. The Morgan fingerprint density at radius 2 is 2.16 bits per heavy atom. The maximum atomic E-state index is 5.41. The second-order valence-corrected chi connectivity index (χ2v) is 6.07. The number of benzene rings is 1. The summed E-state index contributed by atoms with van der Waals surface area (Å²) in [6.07, 6.45) is 0. The molecule has 0 aliphatic carbocycles. The van der Waals surface area contributed by atoms with Gasteiger partial charge in [-0.25, -0.2) is 0 Å². The largest absolute Gasteiger partial charge is 0.493 e. The second-order valence-electron chi connectivity index (χ2n) is 4.90. The summed E-state index contributed by atoms with van der Waals surface area (Å²) in [5.41, 5.74) is 1.27. The molecule has 1 aromatic rings.